The van der Waals surface area contributed by atoms with Crippen LogP contribution in [-0.2, 0) is 16.0 Å². The number of aryl methyl sites for hydroxylation is 1. The molecule has 0 saturated carbocycles. The minimum absolute atomic E-state index is 0.00890. The smallest absolute Gasteiger partial charge is 0.344 e. The van der Waals surface area contributed by atoms with Crippen LogP contribution in [0.25, 0.3) is 11.3 Å². The zero-order valence-corrected chi connectivity index (χ0v) is 16.8. The second-order valence-corrected chi connectivity index (χ2v) is 7.37. The van der Waals surface area contributed by atoms with Gasteiger partial charge in [0.05, 0.1) is 5.02 Å². The fourth-order valence-electron chi connectivity index (χ4n) is 3.66. The van der Waals surface area contributed by atoms with Crippen LogP contribution < -0.4 is 4.90 Å². The monoisotopic (exact) mass is 410 g/mol. The van der Waals surface area contributed by atoms with Crippen molar-refractivity contribution in [2.24, 2.45) is 0 Å². The standard InChI is InChI=1S/C22H19ClN2O4/c1-13-11-15-7-3-6-10-18(15)25(13)19(26)12-28-22(27)20-14(2)29-24-21(20)16-8-4-5-9-17(16)23/h3-10,13H,11-12H2,1-2H3/t13-/m0/s1. The van der Waals surface area contributed by atoms with Gasteiger partial charge in [0.15, 0.2) is 6.61 Å². The van der Waals surface area contributed by atoms with Gasteiger partial charge in [-0.25, -0.2) is 4.79 Å². The molecule has 2 heterocycles. The van der Waals surface area contributed by atoms with E-state index in [1.54, 1.807) is 36.1 Å². The van der Waals surface area contributed by atoms with Gasteiger partial charge < -0.3 is 14.2 Å². The largest absolute Gasteiger partial charge is 0.452 e. The van der Waals surface area contributed by atoms with Crippen LogP contribution in [-0.4, -0.2) is 29.7 Å². The highest BCUT2D eigenvalue weighted by molar-refractivity contribution is 6.33. The van der Waals surface area contributed by atoms with Gasteiger partial charge in [-0.15, -0.1) is 0 Å². The molecule has 0 bridgehead atoms. The fraction of sp³-hybridized carbons (Fsp3) is 0.227. The summed E-state index contributed by atoms with van der Waals surface area (Å²) in [5.41, 5.74) is 2.99. The van der Waals surface area contributed by atoms with Crippen molar-refractivity contribution in [2.45, 2.75) is 26.3 Å². The van der Waals surface area contributed by atoms with Crippen LogP contribution in [0.1, 0.15) is 28.6 Å². The number of aromatic nitrogens is 1. The number of esters is 1. The molecule has 1 aliphatic heterocycles. The number of para-hydroxylation sites is 1. The number of hydrogen-bond acceptors (Lipinski definition) is 5. The Hall–Kier alpha value is -3.12. The average molecular weight is 411 g/mol. The molecule has 0 unspecified atom stereocenters. The fourth-order valence-corrected chi connectivity index (χ4v) is 3.89. The molecule has 0 spiro atoms. The number of carbonyl (C=O) groups excluding carboxylic acids is 2. The molecular formula is C22H19ClN2O4. The van der Waals surface area contributed by atoms with Crippen molar-refractivity contribution < 1.29 is 18.8 Å². The molecule has 3 aromatic rings. The Morgan fingerprint density at radius 3 is 2.72 bits per heavy atom. The SMILES string of the molecule is Cc1onc(-c2ccccc2Cl)c1C(=O)OCC(=O)N1c2ccccc2C[C@@H]1C. The molecule has 7 heteroatoms. The summed E-state index contributed by atoms with van der Waals surface area (Å²) < 4.78 is 10.5. The molecule has 0 radical (unpaired) electrons. The highest BCUT2D eigenvalue weighted by atomic mass is 35.5. The Balaban J connectivity index is 1.52. The first kappa shape index (κ1) is 19.2. The van der Waals surface area contributed by atoms with E-state index in [9.17, 15) is 9.59 Å². The van der Waals surface area contributed by atoms with Crippen LogP contribution in [0.4, 0.5) is 5.69 Å². The van der Waals surface area contributed by atoms with E-state index in [0.717, 1.165) is 17.7 Å². The number of amides is 1. The number of hydrogen-bond donors (Lipinski definition) is 0. The number of rotatable bonds is 4. The number of carbonyl (C=O) groups is 2. The van der Waals surface area contributed by atoms with Crippen LogP contribution in [0.5, 0.6) is 0 Å². The van der Waals surface area contributed by atoms with Crippen LogP contribution in [0, 0.1) is 6.92 Å². The average Bonchev–Trinajstić information content (AvgIpc) is 3.25. The van der Waals surface area contributed by atoms with Gasteiger partial charge in [-0.3, -0.25) is 4.79 Å². The van der Waals surface area contributed by atoms with Crippen molar-refractivity contribution in [2.75, 3.05) is 11.5 Å². The van der Waals surface area contributed by atoms with Gasteiger partial charge >= 0.3 is 5.97 Å². The van der Waals surface area contributed by atoms with Crippen LogP contribution in [0.2, 0.25) is 5.02 Å². The third-order valence-electron chi connectivity index (χ3n) is 5.00. The maximum absolute atomic E-state index is 12.8. The van der Waals surface area contributed by atoms with Gasteiger partial charge in [-0.05, 0) is 38.0 Å². The van der Waals surface area contributed by atoms with E-state index in [1.807, 2.05) is 31.2 Å². The zero-order valence-electron chi connectivity index (χ0n) is 16.0. The molecule has 1 atom stereocenters. The number of anilines is 1. The van der Waals surface area contributed by atoms with E-state index >= 15 is 0 Å². The molecule has 2 aromatic carbocycles. The highest BCUT2D eigenvalue weighted by Gasteiger charge is 2.32. The van der Waals surface area contributed by atoms with Crippen molar-refractivity contribution in [3.8, 4) is 11.3 Å². The van der Waals surface area contributed by atoms with Gasteiger partial charge in [-0.2, -0.15) is 0 Å². The Kier molecular flexibility index (Phi) is 5.11. The van der Waals surface area contributed by atoms with E-state index in [4.69, 9.17) is 20.9 Å². The second kappa shape index (κ2) is 7.72. The first-order valence-corrected chi connectivity index (χ1v) is 9.63. The summed E-state index contributed by atoms with van der Waals surface area (Å²) in [4.78, 5) is 27.2. The van der Waals surface area contributed by atoms with Gasteiger partial charge in [0.1, 0.15) is 17.0 Å². The third-order valence-corrected chi connectivity index (χ3v) is 5.33. The van der Waals surface area contributed by atoms with E-state index in [1.165, 1.54) is 0 Å². The quantitative estimate of drug-likeness (QED) is 0.594. The van der Waals surface area contributed by atoms with Crippen LogP contribution in [0.15, 0.2) is 53.1 Å². The molecule has 1 aromatic heterocycles. The van der Waals surface area contributed by atoms with Crippen LogP contribution in [0.3, 0.4) is 0 Å². The summed E-state index contributed by atoms with van der Waals surface area (Å²) >= 11 is 6.23. The maximum Gasteiger partial charge on any atom is 0.344 e. The van der Waals surface area contributed by atoms with Gasteiger partial charge in [-0.1, -0.05) is 53.2 Å². The number of benzene rings is 2. The predicted octanol–water partition coefficient (Wildman–Crippen LogP) is 4.44. The predicted molar refractivity (Wildman–Crippen MR) is 109 cm³/mol. The van der Waals surface area contributed by atoms with Gasteiger partial charge in [0.25, 0.3) is 5.91 Å². The Morgan fingerprint density at radius 1 is 1.21 bits per heavy atom. The Labute approximate surface area is 173 Å². The molecule has 0 fully saturated rings. The maximum atomic E-state index is 12.8. The van der Waals surface area contributed by atoms with Gasteiger partial charge in [0, 0.05) is 17.3 Å². The molecule has 4 rings (SSSR count). The molecular weight excluding hydrogens is 392 g/mol. The normalized spacial score (nSPS) is 15.3. The molecule has 0 saturated heterocycles. The molecule has 1 amide bonds. The topological polar surface area (TPSA) is 72.6 Å². The molecule has 0 N–H and O–H groups in total. The summed E-state index contributed by atoms with van der Waals surface area (Å²) in [6.45, 7) is 3.22. The third kappa shape index (κ3) is 3.51. The molecule has 29 heavy (non-hydrogen) atoms. The molecule has 0 aliphatic carbocycles. The van der Waals surface area contributed by atoms with Crippen LogP contribution >= 0.6 is 11.6 Å². The number of nitrogens with zero attached hydrogens (tertiary/aromatic N) is 2. The van der Waals surface area contributed by atoms with E-state index in [-0.39, 0.29) is 24.1 Å². The molecule has 6 nitrogen and oxygen atoms in total. The first-order chi connectivity index (χ1) is 14.0. The van der Waals surface area contributed by atoms with E-state index in [0.29, 0.717) is 22.0 Å². The van der Waals surface area contributed by atoms with Crippen molar-refractivity contribution in [3.63, 3.8) is 0 Å². The lowest BCUT2D eigenvalue weighted by Crippen LogP contribution is -2.38. The van der Waals surface area contributed by atoms with Crippen molar-refractivity contribution in [1.82, 2.24) is 5.16 Å². The van der Waals surface area contributed by atoms with Crippen molar-refractivity contribution >= 4 is 29.2 Å². The lowest BCUT2D eigenvalue weighted by molar-refractivity contribution is -0.122. The number of fused-ring (bicyclic) bond motifs is 1. The Bertz CT molecular complexity index is 1090. The Morgan fingerprint density at radius 2 is 1.93 bits per heavy atom. The number of ether oxygens (including phenoxy) is 1. The minimum atomic E-state index is -0.674. The second-order valence-electron chi connectivity index (χ2n) is 6.96. The lowest BCUT2D eigenvalue weighted by Gasteiger charge is -2.22. The van der Waals surface area contributed by atoms with Crippen molar-refractivity contribution in [1.29, 1.82) is 0 Å². The van der Waals surface area contributed by atoms with E-state index < -0.39 is 5.97 Å². The van der Waals surface area contributed by atoms with E-state index in [2.05, 4.69) is 5.16 Å². The summed E-state index contributed by atoms with van der Waals surface area (Å²) in [5, 5.41) is 4.40. The molecule has 148 valence electrons. The summed E-state index contributed by atoms with van der Waals surface area (Å²) in [5.74, 6) is -0.645. The zero-order chi connectivity index (χ0) is 20.5. The van der Waals surface area contributed by atoms with Gasteiger partial charge in [0.2, 0.25) is 0 Å². The summed E-state index contributed by atoms with van der Waals surface area (Å²) in [7, 11) is 0. The minimum Gasteiger partial charge on any atom is -0.452 e. The highest BCUT2D eigenvalue weighted by Crippen LogP contribution is 2.33. The van der Waals surface area contributed by atoms with Crippen molar-refractivity contribution in [3.05, 3.63) is 70.4 Å². The summed E-state index contributed by atoms with van der Waals surface area (Å²) in [6, 6.07) is 14.8. The first-order valence-electron chi connectivity index (χ1n) is 9.25. The lowest BCUT2D eigenvalue weighted by atomic mass is 10.1. The molecule has 1 aliphatic rings. The summed E-state index contributed by atoms with van der Waals surface area (Å²) in [6.07, 6.45) is 0.775. The number of halogens is 1.